The molecule has 2 aromatic rings. The second-order valence-corrected chi connectivity index (χ2v) is 7.24. The molecule has 0 atom stereocenters. The van der Waals surface area contributed by atoms with Gasteiger partial charge in [0.25, 0.3) is 17.1 Å². The van der Waals surface area contributed by atoms with Crippen molar-refractivity contribution in [2.75, 3.05) is 5.32 Å². The zero-order chi connectivity index (χ0) is 19.2. The maximum Gasteiger partial charge on any atom is 0.290 e. The number of benzene rings is 2. The maximum atomic E-state index is 12.4. The number of nitrogens with one attached hydrogen (secondary N) is 2. The number of anilines is 1. The van der Waals surface area contributed by atoms with E-state index in [1.807, 2.05) is 24.3 Å². The number of amides is 3. The van der Waals surface area contributed by atoms with E-state index < -0.39 is 0 Å². The number of hydrogen-bond acceptors (Lipinski definition) is 4. The summed E-state index contributed by atoms with van der Waals surface area (Å²) in [6, 6.07) is 14.8. The Kier molecular flexibility index (Phi) is 6.08. The smallest absolute Gasteiger partial charge is 0.290 e. The fourth-order valence-electron chi connectivity index (χ4n) is 2.64. The van der Waals surface area contributed by atoms with Gasteiger partial charge in [-0.2, -0.15) is 0 Å². The van der Waals surface area contributed by atoms with Crippen LogP contribution in [-0.4, -0.2) is 17.1 Å². The average molecular weight is 380 g/mol. The number of unbranched alkanes of at least 4 members (excludes halogenated alkanes) is 1. The van der Waals surface area contributed by atoms with Crippen LogP contribution in [-0.2, 0) is 11.2 Å². The lowest BCUT2D eigenvalue weighted by Gasteiger charge is -2.07. The number of hydrogen-bond donors (Lipinski definition) is 2. The van der Waals surface area contributed by atoms with Gasteiger partial charge < -0.3 is 5.32 Å². The molecule has 1 fully saturated rings. The molecule has 1 aliphatic rings. The zero-order valence-electron chi connectivity index (χ0n) is 15.0. The van der Waals surface area contributed by atoms with Crippen LogP contribution in [0.15, 0.2) is 53.4 Å². The molecule has 6 heteroatoms. The third-order valence-corrected chi connectivity index (χ3v) is 4.95. The molecule has 0 saturated carbocycles. The van der Waals surface area contributed by atoms with Crippen LogP contribution in [0.5, 0.6) is 0 Å². The van der Waals surface area contributed by atoms with Gasteiger partial charge in [0.15, 0.2) is 0 Å². The number of imide groups is 1. The lowest BCUT2D eigenvalue weighted by atomic mass is 10.1. The van der Waals surface area contributed by atoms with Crippen molar-refractivity contribution in [1.82, 2.24) is 5.32 Å². The number of carbonyl (C=O) groups excluding carboxylic acids is 3. The minimum atomic E-state index is -0.384. The highest BCUT2D eigenvalue weighted by Gasteiger charge is 2.24. The zero-order valence-corrected chi connectivity index (χ0v) is 15.8. The van der Waals surface area contributed by atoms with Crippen molar-refractivity contribution < 1.29 is 14.4 Å². The van der Waals surface area contributed by atoms with Gasteiger partial charge in [0.2, 0.25) is 0 Å². The highest BCUT2D eigenvalue weighted by atomic mass is 32.2. The van der Waals surface area contributed by atoms with Crippen molar-refractivity contribution in [3.63, 3.8) is 0 Å². The van der Waals surface area contributed by atoms with E-state index in [1.54, 1.807) is 30.3 Å². The summed E-state index contributed by atoms with van der Waals surface area (Å²) >= 11 is 0.878. The Morgan fingerprint density at radius 3 is 2.37 bits per heavy atom. The van der Waals surface area contributed by atoms with E-state index in [4.69, 9.17) is 0 Å². The summed E-state index contributed by atoms with van der Waals surface area (Å²) in [6.07, 6.45) is 4.96. The summed E-state index contributed by atoms with van der Waals surface area (Å²) in [5.74, 6) is -0.552. The van der Waals surface area contributed by atoms with E-state index in [0.717, 1.165) is 36.6 Å². The molecule has 3 amide bonds. The van der Waals surface area contributed by atoms with Gasteiger partial charge in [-0.3, -0.25) is 19.7 Å². The molecule has 0 aliphatic carbocycles. The third kappa shape index (κ3) is 5.08. The molecule has 0 aromatic heterocycles. The normalized spacial score (nSPS) is 15.1. The van der Waals surface area contributed by atoms with E-state index in [2.05, 4.69) is 17.6 Å². The van der Waals surface area contributed by atoms with Gasteiger partial charge >= 0.3 is 0 Å². The molecule has 5 nitrogen and oxygen atoms in total. The Morgan fingerprint density at radius 1 is 1.07 bits per heavy atom. The van der Waals surface area contributed by atoms with Crippen LogP contribution < -0.4 is 10.6 Å². The lowest BCUT2D eigenvalue weighted by molar-refractivity contribution is -0.115. The second-order valence-electron chi connectivity index (χ2n) is 6.23. The van der Waals surface area contributed by atoms with Crippen LogP contribution >= 0.6 is 11.8 Å². The molecule has 2 aromatic carbocycles. The summed E-state index contributed by atoms with van der Waals surface area (Å²) in [5.41, 5.74) is 3.29. The molecule has 0 unspecified atom stereocenters. The quantitative estimate of drug-likeness (QED) is 0.718. The summed E-state index contributed by atoms with van der Waals surface area (Å²) in [4.78, 5) is 35.5. The fraction of sp³-hybridized carbons (Fsp3) is 0.190. The first kappa shape index (κ1) is 18.9. The third-order valence-electron chi connectivity index (χ3n) is 4.14. The van der Waals surface area contributed by atoms with Crippen LogP contribution in [0.1, 0.15) is 41.3 Å². The van der Waals surface area contributed by atoms with Crippen molar-refractivity contribution in [2.45, 2.75) is 26.2 Å². The van der Waals surface area contributed by atoms with Crippen molar-refractivity contribution >= 4 is 40.6 Å². The van der Waals surface area contributed by atoms with E-state index >= 15 is 0 Å². The van der Waals surface area contributed by atoms with E-state index in [0.29, 0.717) is 16.2 Å². The first-order valence-corrected chi connectivity index (χ1v) is 9.62. The average Bonchev–Trinajstić information content (AvgIpc) is 2.99. The highest BCUT2D eigenvalue weighted by molar-refractivity contribution is 8.18. The largest absolute Gasteiger partial charge is 0.322 e. The predicted octanol–water partition coefficient (Wildman–Crippen LogP) is 4.61. The molecule has 27 heavy (non-hydrogen) atoms. The van der Waals surface area contributed by atoms with E-state index in [1.165, 1.54) is 5.56 Å². The topological polar surface area (TPSA) is 75.3 Å². The molecule has 2 N–H and O–H groups in total. The standard InChI is InChI=1S/C21H20N2O3S/c1-2-3-4-14-5-9-16(10-6-14)19(24)22-17-11-7-15(8-12-17)13-18-20(25)23-21(26)27-18/h5-13H,2-4H2,1H3,(H,22,24)(H,23,25,26)/b18-13-. The predicted molar refractivity (Wildman–Crippen MR) is 109 cm³/mol. The van der Waals surface area contributed by atoms with Crippen molar-refractivity contribution in [1.29, 1.82) is 0 Å². The van der Waals surface area contributed by atoms with E-state index in [-0.39, 0.29) is 17.1 Å². The SMILES string of the molecule is CCCCc1ccc(C(=O)Nc2ccc(/C=C3\SC(=O)NC3=O)cc2)cc1. The number of rotatable bonds is 6. The van der Waals surface area contributed by atoms with Gasteiger partial charge in [0.05, 0.1) is 4.91 Å². The number of carbonyl (C=O) groups is 3. The van der Waals surface area contributed by atoms with Crippen molar-refractivity contribution in [3.8, 4) is 0 Å². The molecule has 0 spiro atoms. The molecule has 0 radical (unpaired) electrons. The molecular weight excluding hydrogens is 360 g/mol. The minimum absolute atomic E-state index is 0.167. The first-order valence-electron chi connectivity index (χ1n) is 8.80. The molecule has 0 bridgehead atoms. The summed E-state index contributed by atoms with van der Waals surface area (Å²) < 4.78 is 0. The Hall–Kier alpha value is -2.86. The summed E-state index contributed by atoms with van der Waals surface area (Å²) in [7, 11) is 0. The van der Waals surface area contributed by atoms with Gasteiger partial charge in [-0.05, 0) is 66.1 Å². The molecule has 138 valence electrons. The monoisotopic (exact) mass is 380 g/mol. The van der Waals surface area contributed by atoms with Crippen LogP contribution in [0.2, 0.25) is 0 Å². The molecule has 1 saturated heterocycles. The number of thioether (sulfide) groups is 1. The Labute approximate surface area is 162 Å². The molecular formula is C21H20N2O3S. The Balaban J connectivity index is 1.62. The highest BCUT2D eigenvalue weighted by Crippen LogP contribution is 2.26. The Bertz CT molecular complexity index is 887. The maximum absolute atomic E-state index is 12.4. The Morgan fingerprint density at radius 2 is 1.78 bits per heavy atom. The van der Waals surface area contributed by atoms with Crippen LogP contribution in [0.4, 0.5) is 10.5 Å². The lowest BCUT2D eigenvalue weighted by Crippen LogP contribution is -2.17. The number of aryl methyl sites for hydroxylation is 1. The van der Waals surface area contributed by atoms with Crippen LogP contribution in [0, 0.1) is 0 Å². The molecule has 1 heterocycles. The fourth-order valence-corrected chi connectivity index (χ4v) is 3.32. The van der Waals surface area contributed by atoms with Gasteiger partial charge in [-0.15, -0.1) is 0 Å². The van der Waals surface area contributed by atoms with Crippen LogP contribution in [0.3, 0.4) is 0 Å². The van der Waals surface area contributed by atoms with Gasteiger partial charge in [-0.25, -0.2) is 0 Å². The first-order chi connectivity index (χ1) is 13.0. The van der Waals surface area contributed by atoms with Gasteiger partial charge in [-0.1, -0.05) is 37.6 Å². The van der Waals surface area contributed by atoms with Gasteiger partial charge in [0.1, 0.15) is 0 Å². The summed E-state index contributed by atoms with van der Waals surface area (Å²) in [5, 5.41) is 4.71. The van der Waals surface area contributed by atoms with Crippen molar-refractivity contribution in [3.05, 3.63) is 70.1 Å². The van der Waals surface area contributed by atoms with Crippen LogP contribution in [0.25, 0.3) is 6.08 Å². The van der Waals surface area contributed by atoms with Crippen molar-refractivity contribution in [2.24, 2.45) is 0 Å². The summed E-state index contributed by atoms with van der Waals surface area (Å²) in [6.45, 7) is 2.16. The molecule has 3 rings (SSSR count). The van der Waals surface area contributed by atoms with Gasteiger partial charge in [0, 0.05) is 11.3 Å². The molecule has 1 aliphatic heterocycles. The minimum Gasteiger partial charge on any atom is -0.322 e. The van der Waals surface area contributed by atoms with E-state index in [9.17, 15) is 14.4 Å². The second kappa shape index (κ2) is 8.68.